The smallest absolute Gasteiger partial charge is 0.222 e. The van der Waals surface area contributed by atoms with E-state index in [0.717, 1.165) is 67.4 Å². The van der Waals surface area contributed by atoms with Crippen LogP contribution >= 0.6 is 0 Å². The van der Waals surface area contributed by atoms with Crippen LogP contribution in [0.2, 0.25) is 0 Å². The van der Waals surface area contributed by atoms with E-state index in [2.05, 4.69) is 23.8 Å². The summed E-state index contributed by atoms with van der Waals surface area (Å²) in [5, 5.41) is 5.60. The van der Waals surface area contributed by atoms with Crippen LogP contribution in [-0.2, 0) is 11.2 Å². The zero-order valence-corrected chi connectivity index (χ0v) is 18.1. The number of nitrogens with zero attached hydrogens (tertiary/aromatic N) is 6. The summed E-state index contributed by atoms with van der Waals surface area (Å²) in [6.07, 6.45) is 4.18. The Balaban J connectivity index is 1.75. The lowest BCUT2D eigenvalue weighted by atomic mass is 10.1. The molecule has 4 rings (SSSR count). The van der Waals surface area contributed by atoms with E-state index in [9.17, 15) is 4.79 Å². The molecule has 0 atom stereocenters. The van der Waals surface area contributed by atoms with Crippen molar-refractivity contribution in [3.63, 3.8) is 0 Å². The third-order valence-electron chi connectivity index (χ3n) is 5.50. The van der Waals surface area contributed by atoms with Crippen LogP contribution in [0.15, 0.2) is 36.5 Å². The Bertz CT molecular complexity index is 1010. The van der Waals surface area contributed by atoms with E-state index in [1.165, 1.54) is 0 Å². The van der Waals surface area contributed by atoms with E-state index in [1.807, 2.05) is 53.0 Å². The molecule has 0 radical (unpaired) electrons. The third-order valence-corrected chi connectivity index (χ3v) is 5.50. The molecule has 7 heteroatoms. The molecular weight excluding hydrogens is 376 g/mol. The van der Waals surface area contributed by atoms with Gasteiger partial charge in [-0.15, -0.1) is 0 Å². The number of para-hydroxylation sites is 1. The van der Waals surface area contributed by atoms with Gasteiger partial charge >= 0.3 is 0 Å². The zero-order valence-electron chi connectivity index (χ0n) is 18.1. The maximum absolute atomic E-state index is 12.2. The van der Waals surface area contributed by atoms with Crippen molar-refractivity contribution in [2.75, 3.05) is 31.1 Å². The van der Waals surface area contributed by atoms with Crippen molar-refractivity contribution in [2.45, 2.75) is 40.0 Å². The van der Waals surface area contributed by atoms with Crippen molar-refractivity contribution < 1.29 is 4.79 Å². The SMILES string of the molecule is CCC(=O)N1CCCN(c2nc(CC(C)C)nc3c2cnn3-c2ccccc2)CC1. The summed E-state index contributed by atoms with van der Waals surface area (Å²) in [7, 11) is 0. The molecule has 1 aliphatic heterocycles. The van der Waals surface area contributed by atoms with Crippen molar-refractivity contribution in [1.29, 1.82) is 0 Å². The first-order valence-corrected chi connectivity index (χ1v) is 10.9. The van der Waals surface area contributed by atoms with E-state index in [0.29, 0.717) is 12.3 Å². The van der Waals surface area contributed by atoms with Gasteiger partial charge in [0, 0.05) is 39.0 Å². The minimum absolute atomic E-state index is 0.224. The van der Waals surface area contributed by atoms with Crippen molar-refractivity contribution in [1.82, 2.24) is 24.6 Å². The maximum atomic E-state index is 12.2. The second-order valence-electron chi connectivity index (χ2n) is 8.27. The van der Waals surface area contributed by atoms with Crippen LogP contribution < -0.4 is 4.90 Å². The first-order valence-electron chi connectivity index (χ1n) is 10.9. The second kappa shape index (κ2) is 8.81. The number of anilines is 1. The van der Waals surface area contributed by atoms with E-state index >= 15 is 0 Å². The van der Waals surface area contributed by atoms with Gasteiger partial charge in [0.1, 0.15) is 11.6 Å². The molecule has 0 aliphatic carbocycles. The molecule has 158 valence electrons. The van der Waals surface area contributed by atoms with Crippen molar-refractivity contribution >= 4 is 22.8 Å². The third kappa shape index (κ3) is 4.15. The van der Waals surface area contributed by atoms with E-state index < -0.39 is 0 Å². The largest absolute Gasteiger partial charge is 0.354 e. The van der Waals surface area contributed by atoms with Gasteiger partial charge in [0.15, 0.2) is 5.65 Å². The van der Waals surface area contributed by atoms with Gasteiger partial charge in [-0.1, -0.05) is 39.0 Å². The molecule has 0 unspecified atom stereocenters. The van der Waals surface area contributed by atoms with Crippen LogP contribution in [-0.4, -0.2) is 56.7 Å². The minimum atomic E-state index is 0.224. The molecule has 3 heterocycles. The lowest BCUT2D eigenvalue weighted by Crippen LogP contribution is -2.35. The topological polar surface area (TPSA) is 67.2 Å². The van der Waals surface area contributed by atoms with Gasteiger partial charge in [0.05, 0.1) is 17.3 Å². The Hall–Kier alpha value is -2.96. The molecule has 2 aromatic heterocycles. The summed E-state index contributed by atoms with van der Waals surface area (Å²) in [5.74, 6) is 2.46. The fourth-order valence-corrected chi connectivity index (χ4v) is 3.99. The molecular formula is C23H30N6O. The van der Waals surface area contributed by atoms with Crippen LogP contribution in [0, 0.1) is 5.92 Å². The van der Waals surface area contributed by atoms with Crippen LogP contribution in [0.5, 0.6) is 0 Å². The predicted octanol–water partition coefficient (Wildman–Crippen LogP) is 3.46. The molecule has 0 N–H and O–H groups in total. The molecule has 3 aromatic rings. The zero-order chi connectivity index (χ0) is 21.1. The Morgan fingerprint density at radius 2 is 1.87 bits per heavy atom. The number of fused-ring (bicyclic) bond motifs is 1. The molecule has 1 amide bonds. The Kier molecular flexibility index (Phi) is 5.97. The summed E-state index contributed by atoms with van der Waals surface area (Å²) in [6.45, 7) is 9.47. The van der Waals surface area contributed by atoms with Gasteiger partial charge < -0.3 is 9.80 Å². The van der Waals surface area contributed by atoms with Gasteiger partial charge in [-0.25, -0.2) is 14.6 Å². The van der Waals surface area contributed by atoms with Crippen molar-refractivity contribution in [3.8, 4) is 5.69 Å². The molecule has 0 bridgehead atoms. The predicted molar refractivity (Wildman–Crippen MR) is 119 cm³/mol. The lowest BCUT2D eigenvalue weighted by molar-refractivity contribution is -0.130. The van der Waals surface area contributed by atoms with Gasteiger partial charge in [0.25, 0.3) is 0 Å². The first kappa shape index (κ1) is 20.3. The molecule has 7 nitrogen and oxygen atoms in total. The van der Waals surface area contributed by atoms with Crippen LogP contribution in [0.3, 0.4) is 0 Å². The van der Waals surface area contributed by atoms with E-state index in [4.69, 9.17) is 9.97 Å². The summed E-state index contributed by atoms with van der Waals surface area (Å²) < 4.78 is 1.90. The van der Waals surface area contributed by atoms with Crippen molar-refractivity contribution in [3.05, 3.63) is 42.4 Å². The molecule has 0 spiro atoms. The lowest BCUT2D eigenvalue weighted by Gasteiger charge is -2.23. The monoisotopic (exact) mass is 406 g/mol. The average molecular weight is 407 g/mol. The average Bonchev–Trinajstić information content (AvgIpc) is 3.01. The van der Waals surface area contributed by atoms with Crippen LogP contribution in [0.25, 0.3) is 16.7 Å². The Morgan fingerprint density at radius 3 is 2.60 bits per heavy atom. The normalized spacial score (nSPS) is 15.1. The number of carbonyl (C=O) groups excluding carboxylic acids is 1. The van der Waals surface area contributed by atoms with E-state index in [-0.39, 0.29) is 5.91 Å². The molecule has 0 saturated carbocycles. The van der Waals surface area contributed by atoms with E-state index in [1.54, 1.807) is 0 Å². The molecule has 1 fully saturated rings. The highest BCUT2D eigenvalue weighted by molar-refractivity contribution is 5.88. The number of hydrogen-bond acceptors (Lipinski definition) is 5. The summed E-state index contributed by atoms with van der Waals surface area (Å²) in [6, 6.07) is 10.1. The number of amides is 1. The number of rotatable bonds is 5. The van der Waals surface area contributed by atoms with Gasteiger partial charge in [-0.2, -0.15) is 5.10 Å². The fourth-order valence-electron chi connectivity index (χ4n) is 3.99. The Labute approximate surface area is 177 Å². The number of carbonyl (C=O) groups is 1. The summed E-state index contributed by atoms with van der Waals surface area (Å²) in [5.41, 5.74) is 1.83. The summed E-state index contributed by atoms with van der Waals surface area (Å²) >= 11 is 0. The highest BCUT2D eigenvalue weighted by Crippen LogP contribution is 2.27. The quantitative estimate of drug-likeness (QED) is 0.649. The minimum Gasteiger partial charge on any atom is -0.354 e. The Morgan fingerprint density at radius 1 is 1.07 bits per heavy atom. The standard InChI is InChI=1S/C23H30N6O/c1-4-21(30)27-11-8-12-28(14-13-27)22-19-16-24-29(18-9-6-5-7-10-18)23(19)26-20(25-22)15-17(2)3/h5-7,9-10,16-17H,4,8,11-15H2,1-3H3. The number of hydrogen-bond donors (Lipinski definition) is 0. The van der Waals surface area contributed by atoms with Gasteiger partial charge in [-0.3, -0.25) is 4.79 Å². The highest BCUT2D eigenvalue weighted by Gasteiger charge is 2.23. The number of benzene rings is 1. The maximum Gasteiger partial charge on any atom is 0.222 e. The van der Waals surface area contributed by atoms with Crippen LogP contribution in [0.1, 0.15) is 39.4 Å². The number of aromatic nitrogens is 4. The summed E-state index contributed by atoms with van der Waals surface area (Å²) in [4.78, 5) is 26.3. The van der Waals surface area contributed by atoms with Gasteiger partial charge in [0.2, 0.25) is 5.91 Å². The molecule has 1 saturated heterocycles. The van der Waals surface area contributed by atoms with Crippen LogP contribution in [0.4, 0.5) is 5.82 Å². The first-order chi connectivity index (χ1) is 14.6. The molecule has 1 aromatic carbocycles. The van der Waals surface area contributed by atoms with Crippen molar-refractivity contribution in [2.24, 2.45) is 5.92 Å². The molecule has 1 aliphatic rings. The fraction of sp³-hybridized carbons (Fsp3) is 0.478. The van der Waals surface area contributed by atoms with Gasteiger partial charge in [-0.05, 0) is 24.5 Å². The molecule has 30 heavy (non-hydrogen) atoms. The highest BCUT2D eigenvalue weighted by atomic mass is 16.2. The second-order valence-corrected chi connectivity index (χ2v) is 8.27.